The first-order chi connectivity index (χ1) is 7.46. The molecular weight excluding hydrogens is 204 g/mol. The molecule has 0 atom stereocenters. The maximum atomic E-state index is 5.71. The molecule has 5 heteroatoms. The lowest BCUT2D eigenvalue weighted by atomic mass is 10.1. The van der Waals surface area contributed by atoms with Gasteiger partial charge in [-0.25, -0.2) is 9.97 Å². The lowest BCUT2D eigenvalue weighted by molar-refractivity contribution is 0.158. The van der Waals surface area contributed by atoms with Crippen molar-refractivity contribution in [2.24, 2.45) is 0 Å². The van der Waals surface area contributed by atoms with Crippen LogP contribution in [0.25, 0.3) is 0 Å². The van der Waals surface area contributed by atoms with Crippen molar-refractivity contribution >= 4 is 11.6 Å². The van der Waals surface area contributed by atoms with E-state index >= 15 is 0 Å². The lowest BCUT2D eigenvalue weighted by Crippen LogP contribution is -2.36. The molecule has 0 aliphatic rings. The minimum Gasteiger partial charge on any atom is -0.384 e. The fraction of sp³-hybridized carbons (Fsp3) is 0.636. The van der Waals surface area contributed by atoms with Crippen LogP contribution in [-0.2, 0) is 11.2 Å². The molecule has 0 fully saturated rings. The maximum absolute atomic E-state index is 5.71. The number of nitrogens with two attached hydrogens (primary N) is 1. The molecule has 0 unspecified atom stereocenters. The van der Waals surface area contributed by atoms with E-state index < -0.39 is 0 Å². The Labute approximate surface area is 96.4 Å². The van der Waals surface area contributed by atoms with E-state index in [-0.39, 0.29) is 5.54 Å². The zero-order valence-corrected chi connectivity index (χ0v) is 10.4. The van der Waals surface area contributed by atoms with Crippen LogP contribution >= 0.6 is 0 Å². The molecule has 1 aromatic heterocycles. The Hall–Kier alpha value is -1.36. The number of ether oxygens (including phenoxy) is 1. The van der Waals surface area contributed by atoms with Gasteiger partial charge in [0.15, 0.2) is 0 Å². The van der Waals surface area contributed by atoms with Gasteiger partial charge in [-0.05, 0) is 13.8 Å². The number of aromatic nitrogens is 2. The minimum absolute atomic E-state index is 0.180. The average Bonchev–Trinajstić information content (AvgIpc) is 2.15. The molecular formula is C11H20N4O. The SMILES string of the molecule is CCc1nc(N)cc(NC(C)(C)COC)n1. The Kier molecular flexibility index (Phi) is 4.06. The number of methoxy groups -OCH3 is 1. The van der Waals surface area contributed by atoms with Crippen molar-refractivity contribution in [3.63, 3.8) is 0 Å². The largest absolute Gasteiger partial charge is 0.384 e. The first-order valence-electron chi connectivity index (χ1n) is 5.37. The molecule has 90 valence electrons. The average molecular weight is 224 g/mol. The van der Waals surface area contributed by atoms with E-state index in [1.54, 1.807) is 13.2 Å². The number of hydrogen-bond donors (Lipinski definition) is 2. The number of aryl methyl sites for hydroxylation is 1. The van der Waals surface area contributed by atoms with Gasteiger partial charge in [0.2, 0.25) is 0 Å². The van der Waals surface area contributed by atoms with Gasteiger partial charge in [0.05, 0.1) is 12.1 Å². The summed E-state index contributed by atoms with van der Waals surface area (Å²) in [4.78, 5) is 8.49. The summed E-state index contributed by atoms with van der Waals surface area (Å²) in [6.45, 7) is 6.68. The van der Waals surface area contributed by atoms with Gasteiger partial charge < -0.3 is 15.8 Å². The van der Waals surface area contributed by atoms with Gasteiger partial charge in [0.1, 0.15) is 17.5 Å². The van der Waals surface area contributed by atoms with Gasteiger partial charge in [-0.3, -0.25) is 0 Å². The van der Waals surface area contributed by atoms with Crippen LogP contribution in [0.3, 0.4) is 0 Å². The van der Waals surface area contributed by atoms with Crippen LogP contribution in [0, 0.1) is 0 Å². The topological polar surface area (TPSA) is 73.1 Å². The van der Waals surface area contributed by atoms with E-state index in [0.29, 0.717) is 12.4 Å². The number of nitrogen functional groups attached to an aromatic ring is 1. The van der Waals surface area contributed by atoms with Gasteiger partial charge in [-0.1, -0.05) is 6.92 Å². The monoisotopic (exact) mass is 224 g/mol. The number of nitrogens with zero attached hydrogens (tertiary/aromatic N) is 2. The van der Waals surface area contributed by atoms with Crippen LogP contribution in [-0.4, -0.2) is 29.2 Å². The molecule has 0 saturated carbocycles. The van der Waals surface area contributed by atoms with Crippen molar-refractivity contribution in [1.82, 2.24) is 9.97 Å². The summed E-state index contributed by atoms with van der Waals surface area (Å²) in [5.41, 5.74) is 5.53. The number of rotatable bonds is 5. The second kappa shape index (κ2) is 5.12. The van der Waals surface area contributed by atoms with Crippen LogP contribution in [0.1, 0.15) is 26.6 Å². The Morgan fingerprint density at radius 3 is 2.69 bits per heavy atom. The molecule has 0 aliphatic carbocycles. The second-order valence-electron chi connectivity index (χ2n) is 4.39. The molecule has 0 radical (unpaired) electrons. The molecule has 5 nitrogen and oxygen atoms in total. The Balaban J connectivity index is 2.84. The highest BCUT2D eigenvalue weighted by Crippen LogP contribution is 2.15. The van der Waals surface area contributed by atoms with Crippen LogP contribution in [0.15, 0.2) is 6.07 Å². The van der Waals surface area contributed by atoms with E-state index in [9.17, 15) is 0 Å². The van der Waals surface area contributed by atoms with Gasteiger partial charge in [-0.15, -0.1) is 0 Å². The summed E-state index contributed by atoms with van der Waals surface area (Å²) < 4.78 is 5.13. The third-order valence-corrected chi connectivity index (χ3v) is 2.08. The van der Waals surface area contributed by atoms with Gasteiger partial charge in [-0.2, -0.15) is 0 Å². The fourth-order valence-corrected chi connectivity index (χ4v) is 1.48. The minimum atomic E-state index is -0.180. The summed E-state index contributed by atoms with van der Waals surface area (Å²) in [7, 11) is 1.68. The molecule has 1 rings (SSSR count). The summed E-state index contributed by atoms with van der Waals surface area (Å²) >= 11 is 0. The van der Waals surface area contributed by atoms with Crippen molar-refractivity contribution in [2.45, 2.75) is 32.7 Å². The van der Waals surface area contributed by atoms with E-state index in [0.717, 1.165) is 18.1 Å². The smallest absolute Gasteiger partial charge is 0.132 e. The third kappa shape index (κ3) is 3.66. The molecule has 1 heterocycles. The molecule has 0 saturated heterocycles. The van der Waals surface area contributed by atoms with Crippen LogP contribution in [0.4, 0.5) is 11.6 Å². The summed E-state index contributed by atoms with van der Waals surface area (Å²) in [6, 6.07) is 1.73. The van der Waals surface area contributed by atoms with Crippen molar-refractivity contribution in [1.29, 1.82) is 0 Å². The van der Waals surface area contributed by atoms with Crippen molar-refractivity contribution in [3.05, 3.63) is 11.9 Å². The molecule has 1 aromatic rings. The van der Waals surface area contributed by atoms with E-state index in [1.807, 2.05) is 20.8 Å². The zero-order chi connectivity index (χ0) is 12.2. The Bertz CT molecular complexity index is 352. The van der Waals surface area contributed by atoms with Crippen molar-refractivity contribution in [3.8, 4) is 0 Å². The Morgan fingerprint density at radius 2 is 2.12 bits per heavy atom. The van der Waals surface area contributed by atoms with Gasteiger partial charge >= 0.3 is 0 Å². The van der Waals surface area contributed by atoms with Crippen LogP contribution in [0.2, 0.25) is 0 Å². The summed E-state index contributed by atoms with van der Waals surface area (Å²) in [5, 5.41) is 3.28. The fourth-order valence-electron chi connectivity index (χ4n) is 1.48. The normalized spacial score (nSPS) is 11.5. The number of anilines is 2. The molecule has 3 N–H and O–H groups in total. The predicted molar refractivity (Wildman–Crippen MR) is 65.4 cm³/mol. The standard InChI is InChI=1S/C11H20N4O/c1-5-9-13-8(12)6-10(14-9)15-11(2,3)7-16-4/h6H,5,7H2,1-4H3,(H3,12,13,14,15). The van der Waals surface area contributed by atoms with Crippen LogP contribution < -0.4 is 11.1 Å². The molecule has 0 bridgehead atoms. The Morgan fingerprint density at radius 1 is 1.44 bits per heavy atom. The quantitative estimate of drug-likeness (QED) is 0.792. The van der Waals surface area contributed by atoms with E-state index in [4.69, 9.17) is 10.5 Å². The molecule has 0 amide bonds. The number of hydrogen-bond acceptors (Lipinski definition) is 5. The van der Waals surface area contributed by atoms with Crippen molar-refractivity contribution in [2.75, 3.05) is 24.8 Å². The molecule has 0 aliphatic heterocycles. The maximum Gasteiger partial charge on any atom is 0.132 e. The highest BCUT2D eigenvalue weighted by Gasteiger charge is 2.18. The third-order valence-electron chi connectivity index (χ3n) is 2.08. The van der Waals surface area contributed by atoms with Crippen molar-refractivity contribution < 1.29 is 4.74 Å². The van der Waals surface area contributed by atoms with E-state index in [1.165, 1.54) is 0 Å². The highest BCUT2D eigenvalue weighted by molar-refractivity contribution is 5.46. The summed E-state index contributed by atoms with van der Waals surface area (Å²) in [5.74, 6) is 1.98. The first-order valence-corrected chi connectivity index (χ1v) is 5.37. The number of nitrogens with one attached hydrogen (secondary N) is 1. The van der Waals surface area contributed by atoms with Gasteiger partial charge in [0.25, 0.3) is 0 Å². The molecule has 16 heavy (non-hydrogen) atoms. The van der Waals surface area contributed by atoms with Crippen LogP contribution in [0.5, 0.6) is 0 Å². The second-order valence-corrected chi connectivity index (χ2v) is 4.39. The summed E-state index contributed by atoms with van der Waals surface area (Å²) in [6.07, 6.45) is 0.768. The molecule has 0 spiro atoms. The zero-order valence-electron chi connectivity index (χ0n) is 10.4. The first kappa shape index (κ1) is 12.7. The van der Waals surface area contributed by atoms with Gasteiger partial charge in [0, 0.05) is 19.6 Å². The highest BCUT2D eigenvalue weighted by atomic mass is 16.5. The lowest BCUT2D eigenvalue weighted by Gasteiger charge is -2.26. The predicted octanol–water partition coefficient (Wildman–Crippen LogP) is 1.46. The van der Waals surface area contributed by atoms with E-state index in [2.05, 4.69) is 15.3 Å². The molecule has 0 aromatic carbocycles.